The molecule has 2 heterocycles. The Morgan fingerprint density at radius 3 is 3.00 bits per heavy atom. The predicted molar refractivity (Wildman–Crippen MR) is 78.9 cm³/mol. The molecule has 23 heavy (non-hydrogen) atoms. The van der Waals surface area contributed by atoms with Crippen LogP contribution in [-0.2, 0) is 18.6 Å². The monoisotopic (exact) mass is 343 g/mol. The van der Waals surface area contributed by atoms with Gasteiger partial charge in [-0.1, -0.05) is 5.92 Å². The first kappa shape index (κ1) is 17.5. The first-order valence-corrected chi connectivity index (χ1v) is 7.87. The summed E-state index contributed by atoms with van der Waals surface area (Å²) >= 11 is 0. The van der Waals surface area contributed by atoms with E-state index in [0.29, 0.717) is 5.56 Å². The maximum absolute atomic E-state index is 11.9. The molecule has 0 spiro atoms. The first-order chi connectivity index (χ1) is 10.9. The topological polar surface area (TPSA) is 120 Å². The van der Waals surface area contributed by atoms with Gasteiger partial charge in [-0.3, -0.25) is 14.3 Å². The Labute approximate surface area is 132 Å². The molecule has 0 bridgehead atoms. The second kappa shape index (κ2) is 7.64. The largest absolute Gasteiger partial charge is 0.694 e. The Balaban J connectivity index is 2.20. The maximum atomic E-state index is 11.9. The van der Waals surface area contributed by atoms with Crippen LogP contribution in [0.2, 0.25) is 0 Å². The Kier molecular flexibility index (Phi) is 5.82. The van der Waals surface area contributed by atoms with Crippen LogP contribution in [0.15, 0.2) is 15.8 Å². The van der Waals surface area contributed by atoms with E-state index in [4.69, 9.17) is 20.8 Å². The lowest BCUT2D eigenvalue weighted by Crippen LogP contribution is -2.33. The average molecular weight is 343 g/mol. The van der Waals surface area contributed by atoms with Gasteiger partial charge < -0.3 is 9.47 Å². The number of aromatic amines is 1. The molecule has 10 heteroatoms. The van der Waals surface area contributed by atoms with Gasteiger partial charge in [-0.15, -0.1) is 15.8 Å². The fraction of sp³-hybridized carbons (Fsp3) is 0.538. The number of nitrogens with zero attached hydrogens (tertiary/aromatic N) is 1. The molecule has 0 aromatic carbocycles. The number of terminal acetylenes is 1. The van der Waals surface area contributed by atoms with Gasteiger partial charge in [0.25, 0.3) is 5.56 Å². The van der Waals surface area contributed by atoms with Crippen molar-refractivity contribution in [2.45, 2.75) is 31.8 Å². The molecule has 0 radical (unpaired) electrons. The molecule has 0 saturated carbocycles. The van der Waals surface area contributed by atoms with E-state index in [9.17, 15) is 14.2 Å². The molecule has 124 valence electrons. The zero-order valence-corrected chi connectivity index (χ0v) is 13.2. The quantitative estimate of drug-likeness (QED) is 0.543. The molecule has 4 atom stereocenters. The molecule has 1 aliphatic rings. The van der Waals surface area contributed by atoms with Gasteiger partial charge in [-0.05, 0) is 6.92 Å². The highest BCUT2D eigenvalue weighted by Gasteiger charge is 2.39. The van der Waals surface area contributed by atoms with Gasteiger partial charge in [0, 0.05) is 22.7 Å². The molecule has 1 unspecified atom stereocenters. The minimum Gasteiger partial charge on any atom is -0.363 e. The van der Waals surface area contributed by atoms with Crippen LogP contribution in [0.4, 0.5) is 0 Å². The molecule has 9 nitrogen and oxygen atoms in total. The summed E-state index contributed by atoms with van der Waals surface area (Å²) in [7, 11) is -2.77. The normalized spacial score (nSPS) is 24.4. The lowest BCUT2D eigenvalue weighted by atomic mass is 10.2. The number of aromatic nitrogens is 2. The molecular formula is C13H16N2O7P+. The van der Waals surface area contributed by atoms with Crippen molar-refractivity contribution < 1.29 is 23.5 Å². The summed E-state index contributed by atoms with van der Waals surface area (Å²) in [5, 5.41) is 0. The van der Waals surface area contributed by atoms with Crippen LogP contribution in [0.3, 0.4) is 0 Å². The van der Waals surface area contributed by atoms with Crippen LogP contribution in [0.5, 0.6) is 0 Å². The molecule has 1 saturated heterocycles. The van der Waals surface area contributed by atoms with Crippen molar-refractivity contribution >= 4 is 8.25 Å². The lowest BCUT2D eigenvalue weighted by Gasteiger charge is -2.15. The van der Waals surface area contributed by atoms with Gasteiger partial charge >= 0.3 is 13.9 Å². The maximum Gasteiger partial charge on any atom is 0.694 e. The zero-order valence-electron chi connectivity index (χ0n) is 12.3. The minimum atomic E-state index is -2.77. The number of aryl methyl sites for hydroxylation is 1. The third kappa shape index (κ3) is 4.34. The van der Waals surface area contributed by atoms with Crippen LogP contribution in [0.1, 0.15) is 18.2 Å². The summed E-state index contributed by atoms with van der Waals surface area (Å²) in [5.41, 5.74) is -0.731. The summed E-state index contributed by atoms with van der Waals surface area (Å²) in [6.45, 7) is 1.41. The van der Waals surface area contributed by atoms with E-state index in [0.717, 1.165) is 0 Å². The van der Waals surface area contributed by atoms with Crippen molar-refractivity contribution in [1.82, 2.24) is 9.55 Å². The summed E-state index contributed by atoms with van der Waals surface area (Å²) in [5.74, 6) is 2.32. The van der Waals surface area contributed by atoms with Crippen molar-refractivity contribution in [2.75, 3.05) is 13.2 Å². The van der Waals surface area contributed by atoms with Crippen molar-refractivity contribution in [3.63, 3.8) is 0 Å². The zero-order chi connectivity index (χ0) is 17.0. The number of H-pyrrole nitrogens is 1. The number of hydrogen-bond acceptors (Lipinski definition) is 6. The lowest BCUT2D eigenvalue weighted by molar-refractivity contribution is -0.0531. The van der Waals surface area contributed by atoms with E-state index >= 15 is 0 Å². The highest BCUT2D eigenvalue weighted by Crippen LogP contribution is 2.31. The highest BCUT2D eigenvalue weighted by molar-refractivity contribution is 7.32. The number of ether oxygens (including phenoxy) is 2. The number of hydrogen-bond donors (Lipinski definition) is 2. The Hall–Kier alpha value is -1.82. The van der Waals surface area contributed by atoms with Crippen molar-refractivity contribution in [2.24, 2.45) is 0 Å². The van der Waals surface area contributed by atoms with Gasteiger partial charge in [0.05, 0.1) is 6.10 Å². The van der Waals surface area contributed by atoms with Crippen LogP contribution >= 0.6 is 8.25 Å². The fourth-order valence-corrected chi connectivity index (χ4v) is 2.56. The third-order valence-corrected chi connectivity index (χ3v) is 3.74. The fourth-order valence-electron chi connectivity index (χ4n) is 2.29. The molecular weight excluding hydrogens is 327 g/mol. The van der Waals surface area contributed by atoms with Crippen molar-refractivity contribution in [3.8, 4) is 12.3 Å². The predicted octanol–water partition coefficient (Wildman–Crippen LogP) is -0.183. The van der Waals surface area contributed by atoms with E-state index in [1.54, 1.807) is 6.92 Å². The first-order valence-electron chi connectivity index (χ1n) is 6.74. The minimum absolute atomic E-state index is 0.0298. The summed E-state index contributed by atoms with van der Waals surface area (Å²) in [6.07, 6.45) is 4.94. The average Bonchev–Trinajstić information content (AvgIpc) is 2.89. The van der Waals surface area contributed by atoms with E-state index < -0.39 is 37.9 Å². The molecule has 0 aliphatic carbocycles. The molecule has 2 N–H and O–H groups in total. The van der Waals surface area contributed by atoms with E-state index in [1.807, 2.05) is 0 Å². The van der Waals surface area contributed by atoms with E-state index in [-0.39, 0.29) is 19.6 Å². The second-order valence-electron chi connectivity index (χ2n) is 4.93. The van der Waals surface area contributed by atoms with Crippen LogP contribution < -0.4 is 11.2 Å². The molecule has 1 fully saturated rings. The Morgan fingerprint density at radius 1 is 1.61 bits per heavy atom. The van der Waals surface area contributed by atoms with Crippen LogP contribution in [0, 0.1) is 19.3 Å². The smallest absolute Gasteiger partial charge is 0.363 e. The highest BCUT2D eigenvalue weighted by atomic mass is 31.1. The van der Waals surface area contributed by atoms with Crippen molar-refractivity contribution in [3.05, 3.63) is 32.6 Å². The van der Waals surface area contributed by atoms with E-state index in [2.05, 4.69) is 15.4 Å². The van der Waals surface area contributed by atoms with Gasteiger partial charge in [0.1, 0.15) is 25.5 Å². The molecule has 1 aromatic rings. The van der Waals surface area contributed by atoms with E-state index in [1.165, 1.54) is 10.8 Å². The van der Waals surface area contributed by atoms with Gasteiger partial charge in [0.2, 0.25) is 0 Å². The molecule has 0 amide bonds. The molecule has 2 rings (SSSR count). The SMILES string of the molecule is C#CCO[C@@H]1C[C@H](n2cc(C)c(=O)[nH]c2=O)O[C@@H]1CO[P+](=O)O. The second-order valence-corrected chi connectivity index (χ2v) is 5.66. The standard InChI is InChI=1S/C13H15N2O7P/c1-3-4-20-9-5-11(22-10(9)7-21-23(18)19)15-6-8(2)12(16)14-13(15)17/h1,6,9-11H,4-5,7H2,2H3,(H-,14,16,17,18,19)/p+1/t9-,10-,11-/m1/s1. The summed E-state index contributed by atoms with van der Waals surface area (Å²) in [4.78, 5) is 34.2. The van der Waals surface area contributed by atoms with Gasteiger partial charge in [0.15, 0.2) is 0 Å². The Morgan fingerprint density at radius 2 is 2.35 bits per heavy atom. The summed E-state index contributed by atoms with van der Waals surface area (Å²) < 4.78 is 27.7. The molecule has 1 aromatic heterocycles. The third-order valence-electron chi connectivity index (χ3n) is 3.37. The number of rotatable bonds is 6. The van der Waals surface area contributed by atoms with Crippen molar-refractivity contribution in [1.29, 1.82) is 0 Å². The van der Waals surface area contributed by atoms with Gasteiger partial charge in [-0.25, -0.2) is 4.79 Å². The van der Waals surface area contributed by atoms with Crippen LogP contribution in [-0.4, -0.2) is 39.9 Å². The van der Waals surface area contributed by atoms with Gasteiger partial charge in [-0.2, -0.15) is 0 Å². The molecule has 1 aliphatic heterocycles. The van der Waals surface area contributed by atoms with Crippen LogP contribution in [0.25, 0.3) is 0 Å². The Bertz CT molecular complexity index is 735. The summed E-state index contributed by atoms with van der Waals surface area (Å²) in [6, 6.07) is 0. The number of nitrogens with one attached hydrogen (secondary N) is 1.